The Morgan fingerprint density at radius 1 is 1.14 bits per heavy atom. The van der Waals surface area contributed by atoms with Gasteiger partial charge in [-0.15, -0.1) is 0 Å². The average molecular weight is 310 g/mol. The van der Waals surface area contributed by atoms with E-state index in [-0.39, 0.29) is 0 Å². The zero-order valence-electron chi connectivity index (χ0n) is 12.6. The second-order valence-electron chi connectivity index (χ2n) is 5.48. The molecule has 0 aliphatic carbocycles. The Labute approximate surface area is 129 Å². The predicted molar refractivity (Wildman–Crippen MR) is 82.1 cm³/mol. The van der Waals surface area contributed by atoms with E-state index in [2.05, 4.69) is 4.99 Å². The molecule has 0 bridgehead atoms. The molecule has 1 fully saturated rings. The number of aliphatic imine (C=N–C) groups is 1. The van der Waals surface area contributed by atoms with Gasteiger partial charge in [0.05, 0.1) is 6.61 Å². The quantitative estimate of drug-likeness (QED) is 0.530. The molecule has 1 aliphatic heterocycles. The van der Waals surface area contributed by atoms with Gasteiger partial charge in [0.2, 0.25) is 0 Å². The third-order valence-corrected chi connectivity index (χ3v) is 3.67. The third-order valence-electron chi connectivity index (χ3n) is 3.67. The first-order valence-corrected chi connectivity index (χ1v) is 7.05. The van der Waals surface area contributed by atoms with Gasteiger partial charge in [0.15, 0.2) is 6.29 Å². The first-order chi connectivity index (χ1) is 10.4. The minimum absolute atomic E-state index is 0.488. The van der Waals surface area contributed by atoms with E-state index < -0.39 is 37.3 Å². The lowest BCUT2D eigenvalue weighted by Crippen LogP contribution is -2.57. The summed E-state index contributed by atoms with van der Waals surface area (Å²) in [7, 11) is 3.88. The highest BCUT2D eigenvalue weighted by Gasteiger charge is 2.43. The Balaban J connectivity index is 2.08. The van der Waals surface area contributed by atoms with Crippen molar-refractivity contribution in [2.24, 2.45) is 4.99 Å². The average Bonchev–Trinajstić information content (AvgIpc) is 2.51. The van der Waals surface area contributed by atoms with Crippen LogP contribution in [0.3, 0.4) is 0 Å². The van der Waals surface area contributed by atoms with Gasteiger partial charge >= 0.3 is 0 Å². The van der Waals surface area contributed by atoms with Crippen LogP contribution < -0.4 is 4.90 Å². The Kier molecular flexibility index (Phi) is 5.49. The van der Waals surface area contributed by atoms with E-state index in [1.165, 1.54) is 6.21 Å². The molecule has 5 atom stereocenters. The van der Waals surface area contributed by atoms with Gasteiger partial charge in [-0.3, -0.25) is 4.99 Å². The van der Waals surface area contributed by atoms with Gasteiger partial charge in [-0.05, 0) is 17.7 Å². The van der Waals surface area contributed by atoms with Crippen LogP contribution in [0.25, 0.3) is 0 Å². The fraction of sp³-hybridized carbons (Fsp3) is 0.533. The van der Waals surface area contributed by atoms with Crippen molar-refractivity contribution in [3.05, 3.63) is 29.8 Å². The van der Waals surface area contributed by atoms with Crippen LogP contribution in [-0.4, -0.2) is 78.0 Å². The normalized spacial score (nSPS) is 32.4. The van der Waals surface area contributed by atoms with E-state index in [1.807, 2.05) is 43.3 Å². The van der Waals surface area contributed by atoms with Crippen molar-refractivity contribution >= 4 is 11.9 Å². The molecule has 0 radical (unpaired) electrons. The number of benzene rings is 1. The molecule has 22 heavy (non-hydrogen) atoms. The molecule has 0 saturated carbocycles. The first-order valence-electron chi connectivity index (χ1n) is 7.05. The summed E-state index contributed by atoms with van der Waals surface area (Å²) in [4.78, 5) is 6.07. The standard InChI is InChI=1S/C15H22N2O5/c1-17(2)10-5-3-9(4-6-10)7-16-12-14(20)13(19)11(8-18)22-15(12)21/h3-7,11-15,18-21H,8H2,1-2H3/t11-,12-,13-,14-,15-/m1/s1. The molecular formula is C15H22N2O5. The highest BCUT2D eigenvalue weighted by atomic mass is 16.6. The fourth-order valence-electron chi connectivity index (χ4n) is 2.27. The molecule has 0 amide bonds. The van der Waals surface area contributed by atoms with Crippen molar-refractivity contribution in [3.63, 3.8) is 0 Å². The number of anilines is 1. The van der Waals surface area contributed by atoms with E-state index in [0.717, 1.165) is 11.3 Å². The lowest BCUT2D eigenvalue weighted by atomic mass is 9.97. The monoisotopic (exact) mass is 310 g/mol. The largest absolute Gasteiger partial charge is 0.394 e. The number of rotatable bonds is 4. The highest BCUT2D eigenvalue weighted by molar-refractivity contribution is 5.80. The summed E-state index contributed by atoms with van der Waals surface area (Å²) in [6.45, 7) is -0.488. The molecule has 7 heteroatoms. The van der Waals surface area contributed by atoms with Gasteiger partial charge in [-0.1, -0.05) is 12.1 Å². The Morgan fingerprint density at radius 3 is 2.32 bits per heavy atom. The van der Waals surface area contributed by atoms with Crippen molar-refractivity contribution in [2.45, 2.75) is 30.6 Å². The fourth-order valence-corrected chi connectivity index (χ4v) is 2.27. The van der Waals surface area contributed by atoms with Gasteiger partial charge in [0.1, 0.15) is 24.4 Å². The number of nitrogens with zero attached hydrogens (tertiary/aromatic N) is 2. The molecule has 4 N–H and O–H groups in total. The molecule has 0 aromatic heterocycles. The minimum Gasteiger partial charge on any atom is -0.394 e. The van der Waals surface area contributed by atoms with Crippen LogP contribution in [0.2, 0.25) is 0 Å². The van der Waals surface area contributed by atoms with Gasteiger partial charge in [-0.25, -0.2) is 0 Å². The lowest BCUT2D eigenvalue weighted by Gasteiger charge is -2.38. The molecule has 0 spiro atoms. The summed E-state index contributed by atoms with van der Waals surface area (Å²) < 4.78 is 5.04. The molecule has 0 unspecified atom stereocenters. The third kappa shape index (κ3) is 3.63. The van der Waals surface area contributed by atoms with Crippen molar-refractivity contribution in [1.82, 2.24) is 0 Å². The molecule has 1 aromatic carbocycles. The summed E-state index contributed by atoms with van der Waals surface area (Å²) in [6.07, 6.45) is -3.50. The van der Waals surface area contributed by atoms with Crippen molar-refractivity contribution in [3.8, 4) is 0 Å². The van der Waals surface area contributed by atoms with Crippen molar-refractivity contribution in [1.29, 1.82) is 0 Å². The van der Waals surface area contributed by atoms with Crippen LogP contribution in [-0.2, 0) is 4.74 Å². The number of hydrogen-bond donors (Lipinski definition) is 4. The Bertz CT molecular complexity index is 505. The molecular weight excluding hydrogens is 288 g/mol. The number of ether oxygens (including phenoxy) is 1. The first kappa shape index (κ1) is 16.9. The van der Waals surface area contributed by atoms with E-state index in [1.54, 1.807) is 0 Å². The Morgan fingerprint density at radius 2 is 1.77 bits per heavy atom. The number of hydrogen-bond acceptors (Lipinski definition) is 7. The zero-order valence-corrected chi connectivity index (χ0v) is 12.6. The predicted octanol–water partition coefficient (Wildman–Crippen LogP) is -1.03. The molecule has 1 saturated heterocycles. The second kappa shape index (κ2) is 7.17. The summed E-state index contributed by atoms with van der Waals surface area (Å²) in [5.74, 6) is 0. The number of aliphatic hydroxyl groups is 4. The van der Waals surface area contributed by atoms with E-state index in [9.17, 15) is 15.3 Å². The molecule has 1 heterocycles. The maximum Gasteiger partial charge on any atom is 0.180 e. The summed E-state index contributed by atoms with van der Waals surface area (Å²) in [5, 5.41) is 38.6. The van der Waals surface area contributed by atoms with Crippen LogP contribution >= 0.6 is 0 Å². The Hall–Kier alpha value is -1.51. The van der Waals surface area contributed by atoms with Gasteiger partial charge < -0.3 is 30.1 Å². The van der Waals surface area contributed by atoms with Crippen LogP contribution in [0.15, 0.2) is 29.3 Å². The topological polar surface area (TPSA) is 106 Å². The maximum atomic E-state index is 9.98. The maximum absolute atomic E-state index is 9.98. The minimum atomic E-state index is -1.38. The van der Waals surface area contributed by atoms with E-state index >= 15 is 0 Å². The summed E-state index contributed by atoms with van der Waals surface area (Å²) in [6, 6.07) is 6.54. The molecule has 122 valence electrons. The highest BCUT2D eigenvalue weighted by Crippen LogP contribution is 2.22. The smallest absolute Gasteiger partial charge is 0.180 e. The van der Waals surface area contributed by atoms with Crippen LogP contribution in [0.5, 0.6) is 0 Å². The van der Waals surface area contributed by atoms with E-state index in [0.29, 0.717) is 0 Å². The summed E-state index contributed by atoms with van der Waals surface area (Å²) >= 11 is 0. The molecule has 1 aromatic rings. The molecule has 1 aliphatic rings. The zero-order chi connectivity index (χ0) is 16.3. The van der Waals surface area contributed by atoms with Gasteiger partial charge in [0, 0.05) is 26.0 Å². The molecule has 7 nitrogen and oxygen atoms in total. The number of aliphatic hydroxyl groups excluding tert-OH is 4. The van der Waals surface area contributed by atoms with Crippen molar-refractivity contribution < 1.29 is 25.2 Å². The van der Waals surface area contributed by atoms with Crippen LogP contribution in [0, 0.1) is 0 Å². The van der Waals surface area contributed by atoms with E-state index in [4.69, 9.17) is 9.84 Å². The van der Waals surface area contributed by atoms with Gasteiger partial charge in [0.25, 0.3) is 0 Å². The summed E-state index contributed by atoms with van der Waals surface area (Å²) in [5.41, 5.74) is 1.84. The van der Waals surface area contributed by atoms with Gasteiger partial charge in [-0.2, -0.15) is 0 Å². The lowest BCUT2D eigenvalue weighted by molar-refractivity contribution is -0.248. The van der Waals surface area contributed by atoms with Crippen LogP contribution in [0.4, 0.5) is 5.69 Å². The second-order valence-corrected chi connectivity index (χ2v) is 5.48. The van der Waals surface area contributed by atoms with Crippen molar-refractivity contribution in [2.75, 3.05) is 25.6 Å². The molecule has 2 rings (SSSR count). The SMILES string of the molecule is CN(C)c1ccc(C=N[C@@H]2[C@@H](O)[C@H](O)[C@@H](CO)O[C@H]2O)cc1. The van der Waals surface area contributed by atoms with Crippen LogP contribution in [0.1, 0.15) is 5.56 Å².